The molecule has 22 heavy (non-hydrogen) atoms. The molecule has 2 unspecified atom stereocenters. The summed E-state index contributed by atoms with van der Waals surface area (Å²) in [5.74, 6) is 0.975. The van der Waals surface area contributed by atoms with Crippen molar-refractivity contribution in [1.29, 1.82) is 0 Å². The number of hydrogen-bond acceptors (Lipinski definition) is 5. The Balaban J connectivity index is 1.75. The summed E-state index contributed by atoms with van der Waals surface area (Å²) in [7, 11) is 0. The van der Waals surface area contributed by atoms with Crippen molar-refractivity contribution in [3.63, 3.8) is 0 Å². The second-order valence-electron chi connectivity index (χ2n) is 5.76. The van der Waals surface area contributed by atoms with Crippen LogP contribution in [0.2, 0.25) is 0 Å². The molecule has 2 heterocycles. The molecule has 0 aliphatic heterocycles. The van der Waals surface area contributed by atoms with Gasteiger partial charge >= 0.3 is 0 Å². The second-order valence-corrected chi connectivity index (χ2v) is 6.96. The summed E-state index contributed by atoms with van der Waals surface area (Å²) in [6, 6.07) is 3.84. The van der Waals surface area contributed by atoms with Gasteiger partial charge < -0.3 is 15.5 Å². The third-order valence-corrected chi connectivity index (χ3v) is 5.26. The lowest BCUT2D eigenvalue weighted by molar-refractivity contribution is 0.0903. The van der Waals surface area contributed by atoms with Crippen LogP contribution in [0.5, 0.6) is 0 Å². The summed E-state index contributed by atoms with van der Waals surface area (Å²) < 4.78 is 5.35. The Kier molecular flexibility index (Phi) is 4.59. The van der Waals surface area contributed by atoms with Gasteiger partial charge in [-0.2, -0.15) is 0 Å². The quantitative estimate of drug-likeness (QED) is 0.908. The zero-order valence-electron chi connectivity index (χ0n) is 12.7. The SMILES string of the molecule is Cc1sc(-c2ccco2)nc1C(=O)NC1CCCCC1CN. The molecule has 0 radical (unpaired) electrons. The Labute approximate surface area is 133 Å². The molecule has 0 bridgehead atoms. The number of nitrogens with zero attached hydrogens (tertiary/aromatic N) is 1. The third kappa shape index (κ3) is 3.08. The van der Waals surface area contributed by atoms with E-state index in [1.807, 2.05) is 19.1 Å². The van der Waals surface area contributed by atoms with Crippen molar-refractivity contribution in [2.45, 2.75) is 38.6 Å². The minimum absolute atomic E-state index is 0.100. The number of aromatic nitrogens is 1. The van der Waals surface area contributed by atoms with E-state index in [1.54, 1.807) is 6.26 Å². The number of aryl methyl sites for hydroxylation is 1. The Morgan fingerprint density at radius 3 is 3.05 bits per heavy atom. The predicted octanol–water partition coefficient (Wildman–Crippen LogP) is 2.96. The molecule has 0 spiro atoms. The lowest BCUT2D eigenvalue weighted by atomic mass is 9.84. The zero-order valence-corrected chi connectivity index (χ0v) is 13.5. The average molecular weight is 319 g/mol. The fourth-order valence-electron chi connectivity index (χ4n) is 3.03. The van der Waals surface area contributed by atoms with Crippen LogP contribution in [0.25, 0.3) is 10.8 Å². The molecule has 2 atom stereocenters. The van der Waals surface area contributed by atoms with Gasteiger partial charge in [-0.15, -0.1) is 11.3 Å². The monoisotopic (exact) mass is 319 g/mol. The lowest BCUT2D eigenvalue weighted by Gasteiger charge is -2.31. The largest absolute Gasteiger partial charge is 0.462 e. The third-order valence-electron chi connectivity index (χ3n) is 4.27. The summed E-state index contributed by atoms with van der Waals surface area (Å²) >= 11 is 1.48. The van der Waals surface area contributed by atoms with E-state index >= 15 is 0 Å². The Bertz CT molecular complexity index is 636. The molecule has 3 N–H and O–H groups in total. The molecule has 3 rings (SSSR count). The predicted molar refractivity (Wildman–Crippen MR) is 86.8 cm³/mol. The Morgan fingerprint density at radius 2 is 2.32 bits per heavy atom. The first-order valence-electron chi connectivity index (χ1n) is 7.71. The number of carbonyl (C=O) groups excluding carboxylic acids is 1. The molecule has 1 aliphatic carbocycles. The van der Waals surface area contributed by atoms with E-state index in [4.69, 9.17) is 10.2 Å². The van der Waals surface area contributed by atoms with Gasteiger partial charge in [0.1, 0.15) is 5.69 Å². The second kappa shape index (κ2) is 6.62. The number of thiazole rings is 1. The molecule has 1 aliphatic rings. The summed E-state index contributed by atoms with van der Waals surface area (Å²) in [4.78, 5) is 17.9. The van der Waals surface area contributed by atoms with Crippen molar-refractivity contribution >= 4 is 17.2 Å². The number of carbonyl (C=O) groups is 1. The first-order valence-corrected chi connectivity index (χ1v) is 8.53. The van der Waals surface area contributed by atoms with E-state index in [-0.39, 0.29) is 11.9 Å². The van der Waals surface area contributed by atoms with Crippen molar-refractivity contribution < 1.29 is 9.21 Å². The maximum absolute atomic E-state index is 12.5. The van der Waals surface area contributed by atoms with Gasteiger partial charge in [0.05, 0.1) is 6.26 Å². The van der Waals surface area contributed by atoms with Crippen LogP contribution < -0.4 is 11.1 Å². The van der Waals surface area contributed by atoms with Crippen molar-refractivity contribution in [3.8, 4) is 10.8 Å². The fraction of sp³-hybridized carbons (Fsp3) is 0.500. The van der Waals surface area contributed by atoms with Crippen LogP contribution in [-0.4, -0.2) is 23.5 Å². The molecule has 2 aromatic rings. The fourth-order valence-corrected chi connectivity index (χ4v) is 3.91. The molecule has 5 nitrogen and oxygen atoms in total. The van der Waals surface area contributed by atoms with Crippen molar-refractivity contribution in [3.05, 3.63) is 29.0 Å². The molecule has 2 aromatic heterocycles. The zero-order chi connectivity index (χ0) is 15.5. The van der Waals surface area contributed by atoms with E-state index in [1.165, 1.54) is 17.8 Å². The van der Waals surface area contributed by atoms with Crippen LogP contribution in [0, 0.1) is 12.8 Å². The van der Waals surface area contributed by atoms with Gasteiger partial charge in [0.2, 0.25) is 0 Å². The summed E-state index contributed by atoms with van der Waals surface area (Å²) in [6.45, 7) is 2.54. The molecule has 1 fully saturated rings. The van der Waals surface area contributed by atoms with Crippen LogP contribution in [0.15, 0.2) is 22.8 Å². The van der Waals surface area contributed by atoms with E-state index < -0.39 is 0 Å². The number of rotatable bonds is 4. The highest BCUT2D eigenvalue weighted by Gasteiger charge is 2.27. The number of nitrogens with two attached hydrogens (primary N) is 1. The summed E-state index contributed by atoms with van der Waals surface area (Å²) in [6.07, 6.45) is 6.05. The first-order chi connectivity index (χ1) is 10.7. The van der Waals surface area contributed by atoms with E-state index in [2.05, 4.69) is 10.3 Å². The molecule has 118 valence electrons. The van der Waals surface area contributed by atoms with Crippen molar-refractivity contribution in [1.82, 2.24) is 10.3 Å². The van der Waals surface area contributed by atoms with Gasteiger partial charge in [-0.05, 0) is 44.4 Å². The van der Waals surface area contributed by atoms with Gasteiger partial charge in [0, 0.05) is 10.9 Å². The summed E-state index contributed by atoms with van der Waals surface area (Å²) in [5, 5.41) is 3.87. The minimum Gasteiger partial charge on any atom is -0.462 e. The molecule has 1 saturated carbocycles. The highest BCUT2D eigenvalue weighted by Crippen LogP contribution is 2.29. The van der Waals surface area contributed by atoms with Crippen molar-refractivity contribution in [2.75, 3.05) is 6.54 Å². The highest BCUT2D eigenvalue weighted by molar-refractivity contribution is 7.15. The standard InChI is InChI=1S/C16H21N3O2S/c1-10-14(19-16(22-10)13-7-4-8-21-13)15(20)18-12-6-3-2-5-11(12)9-17/h4,7-8,11-12H,2-3,5-6,9,17H2,1H3,(H,18,20). The lowest BCUT2D eigenvalue weighted by Crippen LogP contribution is -2.44. The molecule has 6 heteroatoms. The topological polar surface area (TPSA) is 81.2 Å². The van der Waals surface area contributed by atoms with Gasteiger partial charge in [0.15, 0.2) is 10.8 Å². The number of nitrogens with one attached hydrogen (secondary N) is 1. The maximum atomic E-state index is 12.5. The Morgan fingerprint density at radius 1 is 1.50 bits per heavy atom. The average Bonchev–Trinajstić information content (AvgIpc) is 3.17. The van der Waals surface area contributed by atoms with Crippen LogP contribution in [0.1, 0.15) is 41.0 Å². The Hall–Kier alpha value is -1.66. The van der Waals surface area contributed by atoms with Crippen molar-refractivity contribution in [2.24, 2.45) is 11.7 Å². The minimum atomic E-state index is -0.100. The number of furan rings is 1. The van der Waals surface area contributed by atoms with E-state index in [0.717, 1.165) is 29.1 Å². The highest BCUT2D eigenvalue weighted by atomic mass is 32.1. The molecule has 0 aromatic carbocycles. The van der Waals surface area contributed by atoms with Crippen LogP contribution in [0.3, 0.4) is 0 Å². The first kappa shape index (κ1) is 15.2. The van der Waals surface area contributed by atoms with Gasteiger partial charge in [-0.3, -0.25) is 4.79 Å². The van der Waals surface area contributed by atoms with Gasteiger partial charge in [-0.1, -0.05) is 12.8 Å². The van der Waals surface area contributed by atoms with E-state index in [9.17, 15) is 4.79 Å². The molecular formula is C16H21N3O2S. The molecule has 0 saturated heterocycles. The molecular weight excluding hydrogens is 298 g/mol. The maximum Gasteiger partial charge on any atom is 0.271 e. The van der Waals surface area contributed by atoms with Crippen LogP contribution >= 0.6 is 11.3 Å². The number of hydrogen-bond donors (Lipinski definition) is 2. The van der Waals surface area contributed by atoms with Gasteiger partial charge in [-0.25, -0.2) is 4.98 Å². The summed E-state index contributed by atoms with van der Waals surface area (Å²) in [5.41, 5.74) is 6.33. The molecule has 1 amide bonds. The smallest absolute Gasteiger partial charge is 0.271 e. The van der Waals surface area contributed by atoms with Crippen LogP contribution in [-0.2, 0) is 0 Å². The van der Waals surface area contributed by atoms with Crippen LogP contribution in [0.4, 0.5) is 0 Å². The number of amides is 1. The normalized spacial score (nSPS) is 21.7. The van der Waals surface area contributed by atoms with E-state index in [0.29, 0.717) is 23.9 Å². The van der Waals surface area contributed by atoms with Gasteiger partial charge in [0.25, 0.3) is 5.91 Å².